The van der Waals surface area contributed by atoms with E-state index in [1.807, 2.05) is 0 Å². The monoisotopic (exact) mass is 308 g/mol. The van der Waals surface area contributed by atoms with Gasteiger partial charge in [-0.3, -0.25) is 9.59 Å². The molecule has 0 radical (unpaired) electrons. The molecule has 5 nitrogen and oxygen atoms in total. The molecular formula is C16H21FN2O3. The number of hydrogen-bond acceptors (Lipinski definition) is 3. The van der Waals surface area contributed by atoms with Crippen LogP contribution in [0.5, 0.6) is 0 Å². The Labute approximate surface area is 129 Å². The number of amides is 2. The van der Waals surface area contributed by atoms with Gasteiger partial charge in [-0.15, -0.1) is 0 Å². The fourth-order valence-electron chi connectivity index (χ4n) is 2.87. The predicted octanol–water partition coefficient (Wildman–Crippen LogP) is 1.50. The van der Waals surface area contributed by atoms with Gasteiger partial charge in [0.15, 0.2) is 0 Å². The number of halogens is 1. The number of nitrogens with zero attached hydrogens (tertiary/aromatic N) is 1. The van der Waals surface area contributed by atoms with Gasteiger partial charge in [-0.1, -0.05) is 12.1 Å². The van der Waals surface area contributed by atoms with Crippen molar-refractivity contribution in [3.63, 3.8) is 0 Å². The van der Waals surface area contributed by atoms with Gasteiger partial charge < -0.3 is 15.0 Å². The normalized spacial score (nSPS) is 21.8. The molecule has 6 heteroatoms. The predicted molar refractivity (Wildman–Crippen MR) is 79.5 cm³/mol. The fourth-order valence-corrected chi connectivity index (χ4v) is 2.87. The van der Waals surface area contributed by atoms with Crippen molar-refractivity contribution in [2.24, 2.45) is 5.92 Å². The SMILES string of the molecule is COCCNC(=O)[C@H]1CCC(=O)N(C)[C@@H]1c1cccc(F)c1. The third kappa shape index (κ3) is 3.62. The summed E-state index contributed by atoms with van der Waals surface area (Å²) in [6.45, 7) is 0.844. The smallest absolute Gasteiger partial charge is 0.225 e. The first-order valence-corrected chi connectivity index (χ1v) is 7.32. The highest BCUT2D eigenvalue weighted by molar-refractivity contribution is 5.84. The molecule has 0 saturated carbocycles. The molecule has 1 N–H and O–H groups in total. The van der Waals surface area contributed by atoms with Crippen molar-refractivity contribution in [1.29, 1.82) is 0 Å². The van der Waals surface area contributed by atoms with Crippen molar-refractivity contribution >= 4 is 11.8 Å². The number of likely N-dealkylation sites (tertiary alicyclic amines) is 1. The van der Waals surface area contributed by atoms with E-state index < -0.39 is 6.04 Å². The Morgan fingerprint density at radius 1 is 1.50 bits per heavy atom. The summed E-state index contributed by atoms with van der Waals surface area (Å²) in [6, 6.07) is 5.63. The van der Waals surface area contributed by atoms with Crippen LogP contribution in [0.3, 0.4) is 0 Å². The zero-order valence-electron chi connectivity index (χ0n) is 12.8. The average Bonchev–Trinajstić information content (AvgIpc) is 2.50. The van der Waals surface area contributed by atoms with Crippen molar-refractivity contribution < 1.29 is 18.7 Å². The number of carbonyl (C=O) groups excluding carboxylic acids is 2. The Kier molecular flexibility index (Phi) is 5.49. The number of benzene rings is 1. The minimum Gasteiger partial charge on any atom is -0.383 e. The van der Waals surface area contributed by atoms with E-state index in [1.54, 1.807) is 31.2 Å². The topological polar surface area (TPSA) is 58.6 Å². The summed E-state index contributed by atoms with van der Waals surface area (Å²) < 4.78 is 18.4. The van der Waals surface area contributed by atoms with Crippen molar-refractivity contribution in [2.45, 2.75) is 18.9 Å². The van der Waals surface area contributed by atoms with Crippen LogP contribution in [0.15, 0.2) is 24.3 Å². The molecule has 1 aliphatic heterocycles. The molecule has 2 atom stereocenters. The summed E-state index contributed by atoms with van der Waals surface area (Å²) in [5.74, 6) is -0.926. The molecule has 120 valence electrons. The van der Waals surface area contributed by atoms with Gasteiger partial charge >= 0.3 is 0 Å². The number of nitrogens with one attached hydrogen (secondary N) is 1. The zero-order valence-corrected chi connectivity index (χ0v) is 12.8. The summed E-state index contributed by atoms with van der Waals surface area (Å²) in [5, 5.41) is 2.81. The second kappa shape index (κ2) is 7.35. The van der Waals surface area contributed by atoms with E-state index in [1.165, 1.54) is 12.1 Å². The van der Waals surface area contributed by atoms with E-state index in [9.17, 15) is 14.0 Å². The maximum absolute atomic E-state index is 13.5. The summed E-state index contributed by atoms with van der Waals surface area (Å²) >= 11 is 0. The van der Waals surface area contributed by atoms with Gasteiger partial charge in [-0.05, 0) is 24.1 Å². The third-order valence-electron chi connectivity index (χ3n) is 3.99. The highest BCUT2D eigenvalue weighted by Crippen LogP contribution is 2.36. The van der Waals surface area contributed by atoms with Gasteiger partial charge in [0.05, 0.1) is 18.6 Å². The lowest BCUT2D eigenvalue weighted by molar-refractivity contribution is -0.141. The number of hydrogen-bond donors (Lipinski definition) is 1. The molecule has 1 aromatic carbocycles. The largest absolute Gasteiger partial charge is 0.383 e. The van der Waals surface area contributed by atoms with Gasteiger partial charge in [-0.25, -0.2) is 4.39 Å². The first-order chi connectivity index (χ1) is 10.5. The Morgan fingerprint density at radius 3 is 2.95 bits per heavy atom. The lowest BCUT2D eigenvalue weighted by Crippen LogP contribution is -2.46. The summed E-state index contributed by atoms with van der Waals surface area (Å²) in [7, 11) is 3.22. The average molecular weight is 308 g/mol. The minimum atomic E-state index is -0.445. The molecule has 1 saturated heterocycles. The molecule has 22 heavy (non-hydrogen) atoms. The zero-order chi connectivity index (χ0) is 16.1. The van der Waals surface area contributed by atoms with E-state index in [0.29, 0.717) is 31.6 Å². The van der Waals surface area contributed by atoms with Crippen LogP contribution in [0.2, 0.25) is 0 Å². The van der Waals surface area contributed by atoms with Crippen LogP contribution in [-0.2, 0) is 14.3 Å². The van der Waals surface area contributed by atoms with Crippen molar-refractivity contribution in [2.75, 3.05) is 27.3 Å². The van der Waals surface area contributed by atoms with Gasteiger partial charge in [0, 0.05) is 27.1 Å². The van der Waals surface area contributed by atoms with Crippen molar-refractivity contribution in [1.82, 2.24) is 10.2 Å². The quantitative estimate of drug-likeness (QED) is 0.839. The second-order valence-corrected chi connectivity index (χ2v) is 5.43. The molecule has 0 aliphatic carbocycles. The first kappa shape index (κ1) is 16.4. The van der Waals surface area contributed by atoms with Crippen LogP contribution in [0.4, 0.5) is 4.39 Å². The third-order valence-corrected chi connectivity index (χ3v) is 3.99. The lowest BCUT2D eigenvalue weighted by Gasteiger charge is -2.38. The molecule has 2 amide bonds. The van der Waals surface area contributed by atoms with E-state index in [0.717, 1.165) is 0 Å². The standard InChI is InChI=1S/C16H21FN2O3/c1-19-14(20)7-6-13(16(21)18-8-9-22-2)15(19)11-4-3-5-12(17)10-11/h3-5,10,13,15H,6-9H2,1-2H3,(H,18,21)/t13-,15+/m0/s1. The number of piperidine rings is 1. The van der Waals surface area contributed by atoms with Crippen molar-refractivity contribution in [3.8, 4) is 0 Å². The molecule has 2 rings (SSSR count). The minimum absolute atomic E-state index is 0.0322. The van der Waals surface area contributed by atoms with Crippen molar-refractivity contribution in [3.05, 3.63) is 35.6 Å². The van der Waals surface area contributed by atoms with Crippen LogP contribution in [-0.4, -0.2) is 44.0 Å². The van der Waals surface area contributed by atoms with Crippen LogP contribution in [0, 0.1) is 11.7 Å². The van der Waals surface area contributed by atoms with E-state index in [2.05, 4.69) is 5.32 Å². The van der Waals surface area contributed by atoms with Crippen LogP contribution >= 0.6 is 0 Å². The maximum atomic E-state index is 13.5. The molecule has 0 aromatic heterocycles. The van der Waals surface area contributed by atoms with Crippen LogP contribution in [0.1, 0.15) is 24.4 Å². The fraction of sp³-hybridized carbons (Fsp3) is 0.500. The number of rotatable bonds is 5. The van der Waals surface area contributed by atoms with Gasteiger partial charge in [0.25, 0.3) is 0 Å². The maximum Gasteiger partial charge on any atom is 0.225 e. The summed E-state index contributed by atoms with van der Waals surface area (Å²) in [6.07, 6.45) is 0.786. The highest BCUT2D eigenvalue weighted by atomic mass is 19.1. The van der Waals surface area contributed by atoms with Gasteiger partial charge in [0.1, 0.15) is 5.82 Å². The summed E-state index contributed by atoms with van der Waals surface area (Å²) in [4.78, 5) is 25.9. The van der Waals surface area contributed by atoms with E-state index in [-0.39, 0.29) is 23.5 Å². The molecule has 0 unspecified atom stereocenters. The molecule has 1 aliphatic rings. The molecule has 0 bridgehead atoms. The van der Waals surface area contributed by atoms with Crippen LogP contribution in [0.25, 0.3) is 0 Å². The molecule has 1 fully saturated rings. The lowest BCUT2D eigenvalue weighted by atomic mass is 9.84. The molecule has 1 aromatic rings. The Bertz CT molecular complexity index is 550. The summed E-state index contributed by atoms with van der Waals surface area (Å²) in [5.41, 5.74) is 0.641. The van der Waals surface area contributed by atoms with Crippen LogP contribution < -0.4 is 5.32 Å². The number of ether oxygens (including phenoxy) is 1. The number of carbonyl (C=O) groups is 2. The van der Waals surface area contributed by atoms with E-state index in [4.69, 9.17) is 4.74 Å². The Hall–Kier alpha value is -1.95. The first-order valence-electron chi connectivity index (χ1n) is 7.32. The Morgan fingerprint density at radius 2 is 2.27 bits per heavy atom. The van der Waals surface area contributed by atoms with E-state index >= 15 is 0 Å². The molecule has 1 heterocycles. The highest BCUT2D eigenvalue weighted by Gasteiger charge is 2.38. The molecular weight excluding hydrogens is 287 g/mol. The van der Waals surface area contributed by atoms with Gasteiger partial charge in [0.2, 0.25) is 11.8 Å². The number of methoxy groups -OCH3 is 1. The molecule has 0 spiro atoms. The Balaban J connectivity index is 2.22. The van der Waals surface area contributed by atoms with Gasteiger partial charge in [-0.2, -0.15) is 0 Å². The second-order valence-electron chi connectivity index (χ2n) is 5.43.